The van der Waals surface area contributed by atoms with Crippen LogP contribution in [-0.2, 0) is 11.2 Å². The maximum atomic E-state index is 13.1. The minimum absolute atomic E-state index is 0.0576. The Hall–Kier alpha value is -2.34. The third-order valence-corrected chi connectivity index (χ3v) is 3.78. The van der Waals surface area contributed by atoms with Gasteiger partial charge in [-0.05, 0) is 35.9 Å². The van der Waals surface area contributed by atoms with Crippen LogP contribution in [0.4, 0.5) is 13.9 Å². The summed E-state index contributed by atoms with van der Waals surface area (Å²) in [5.41, 5.74) is 1.21. The van der Waals surface area contributed by atoms with Crippen molar-refractivity contribution < 1.29 is 13.6 Å². The summed E-state index contributed by atoms with van der Waals surface area (Å²) in [6.45, 7) is 0. The van der Waals surface area contributed by atoms with Crippen LogP contribution in [0.2, 0.25) is 0 Å². The zero-order valence-electron chi connectivity index (χ0n) is 10.8. The molecule has 0 spiro atoms. The third-order valence-electron chi connectivity index (χ3n) is 2.85. The number of carbonyl (C=O) groups excluding carboxylic acids is 1. The van der Waals surface area contributed by atoms with Gasteiger partial charge in [-0.1, -0.05) is 23.5 Å². The van der Waals surface area contributed by atoms with Crippen LogP contribution in [0.5, 0.6) is 0 Å². The minimum Gasteiger partial charge on any atom is -0.302 e. The highest BCUT2D eigenvalue weighted by atomic mass is 32.1. The summed E-state index contributed by atoms with van der Waals surface area (Å²) in [5.74, 6) is -1.01. The highest BCUT2D eigenvalue weighted by molar-refractivity contribution is 7.22. The number of halogens is 2. The van der Waals surface area contributed by atoms with Crippen molar-refractivity contribution in [1.82, 2.24) is 4.98 Å². The first-order valence-corrected chi connectivity index (χ1v) is 7.02. The topological polar surface area (TPSA) is 42.0 Å². The van der Waals surface area contributed by atoms with Crippen molar-refractivity contribution in [2.75, 3.05) is 5.32 Å². The van der Waals surface area contributed by atoms with Crippen LogP contribution in [0.15, 0.2) is 42.5 Å². The normalized spacial score (nSPS) is 10.8. The van der Waals surface area contributed by atoms with Crippen molar-refractivity contribution in [3.63, 3.8) is 0 Å². The molecule has 3 aromatic rings. The van der Waals surface area contributed by atoms with Gasteiger partial charge in [0, 0.05) is 0 Å². The van der Waals surface area contributed by atoms with E-state index in [2.05, 4.69) is 10.3 Å². The second kappa shape index (κ2) is 5.57. The molecule has 0 bridgehead atoms. The number of hydrogen-bond donors (Lipinski definition) is 1. The molecule has 0 aliphatic heterocycles. The molecule has 6 heteroatoms. The molecule has 1 heterocycles. The highest BCUT2D eigenvalue weighted by Gasteiger charge is 2.09. The molecular weight excluding hydrogens is 294 g/mol. The average molecular weight is 304 g/mol. The first-order chi connectivity index (χ1) is 10.1. The zero-order valence-corrected chi connectivity index (χ0v) is 11.6. The Morgan fingerprint density at radius 2 is 1.95 bits per heavy atom. The van der Waals surface area contributed by atoms with Gasteiger partial charge in [-0.2, -0.15) is 0 Å². The van der Waals surface area contributed by atoms with E-state index in [1.165, 1.54) is 35.6 Å². The number of nitrogens with zero attached hydrogens (tertiary/aromatic N) is 1. The third kappa shape index (κ3) is 3.22. The molecule has 0 aliphatic carbocycles. The Morgan fingerprint density at radius 3 is 2.76 bits per heavy atom. The molecule has 3 rings (SSSR count). The molecule has 106 valence electrons. The van der Waals surface area contributed by atoms with Crippen LogP contribution in [0.25, 0.3) is 10.2 Å². The van der Waals surface area contributed by atoms with Crippen LogP contribution in [0.3, 0.4) is 0 Å². The van der Waals surface area contributed by atoms with Crippen molar-refractivity contribution >= 4 is 32.6 Å². The van der Waals surface area contributed by atoms with E-state index >= 15 is 0 Å². The fraction of sp³-hybridized carbons (Fsp3) is 0.0667. The Labute approximate surface area is 123 Å². The van der Waals surface area contributed by atoms with Gasteiger partial charge in [-0.15, -0.1) is 0 Å². The monoisotopic (exact) mass is 304 g/mol. The van der Waals surface area contributed by atoms with Gasteiger partial charge in [0.25, 0.3) is 0 Å². The molecule has 0 atom stereocenters. The molecular formula is C15H10F2N2OS. The molecule has 2 aromatic carbocycles. The van der Waals surface area contributed by atoms with E-state index < -0.39 is 0 Å². The summed E-state index contributed by atoms with van der Waals surface area (Å²) in [4.78, 5) is 16.1. The largest absolute Gasteiger partial charge is 0.302 e. The number of carbonyl (C=O) groups is 1. The number of nitrogens with one attached hydrogen (secondary N) is 1. The zero-order chi connectivity index (χ0) is 14.8. The van der Waals surface area contributed by atoms with E-state index in [0.717, 1.165) is 0 Å². The van der Waals surface area contributed by atoms with Gasteiger partial charge >= 0.3 is 0 Å². The summed E-state index contributed by atoms with van der Waals surface area (Å²) >= 11 is 1.20. The summed E-state index contributed by atoms with van der Waals surface area (Å²) in [5, 5.41) is 3.04. The predicted molar refractivity (Wildman–Crippen MR) is 78.3 cm³/mol. The fourth-order valence-corrected chi connectivity index (χ4v) is 2.85. The minimum atomic E-state index is -0.379. The van der Waals surface area contributed by atoms with E-state index in [1.54, 1.807) is 18.2 Å². The molecule has 0 unspecified atom stereocenters. The van der Waals surface area contributed by atoms with Crippen LogP contribution in [0.1, 0.15) is 5.56 Å². The quantitative estimate of drug-likeness (QED) is 0.800. The molecule has 0 saturated carbocycles. The van der Waals surface area contributed by atoms with E-state index in [0.29, 0.717) is 20.9 Å². The van der Waals surface area contributed by atoms with E-state index in [1.807, 2.05) is 0 Å². The SMILES string of the molecule is O=C(Cc1cccc(F)c1)Nc1nc2ccc(F)cc2s1. The predicted octanol–water partition coefficient (Wildman–Crippen LogP) is 3.76. The number of fused-ring (bicyclic) bond motifs is 1. The number of aromatic nitrogens is 1. The van der Waals surface area contributed by atoms with Crippen LogP contribution >= 0.6 is 11.3 Å². The standard InChI is InChI=1S/C15H10F2N2OS/c16-10-3-1-2-9(6-10)7-14(20)19-15-18-12-5-4-11(17)8-13(12)21-15/h1-6,8H,7H2,(H,18,19,20). The molecule has 1 N–H and O–H groups in total. The summed E-state index contributed by atoms with van der Waals surface area (Å²) in [7, 11) is 0. The Kier molecular flexibility index (Phi) is 3.62. The van der Waals surface area contributed by atoms with Crippen LogP contribution < -0.4 is 5.32 Å². The maximum Gasteiger partial charge on any atom is 0.230 e. The molecule has 0 radical (unpaired) electrons. The Morgan fingerprint density at radius 1 is 1.14 bits per heavy atom. The number of benzene rings is 2. The lowest BCUT2D eigenvalue weighted by atomic mass is 10.1. The molecule has 1 amide bonds. The second-order valence-corrected chi connectivity index (χ2v) is 5.52. The number of hydrogen-bond acceptors (Lipinski definition) is 3. The van der Waals surface area contributed by atoms with E-state index in [4.69, 9.17) is 0 Å². The van der Waals surface area contributed by atoms with Gasteiger partial charge in [0.2, 0.25) is 5.91 Å². The van der Waals surface area contributed by atoms with Gasteiger partial charge in [-0.3, -0.25) is 4.79 Å². The maximum absolute atomic E-state index is 13.1. The Balaban J connectivity index is 1.74. The smallest absolute Gasteiger partial charge is 0.230 e. The lowest BCUT2D eigenvalue weighted by molar-refractivity contribution is -0.115. The molecule has 21 heavy (non-hydrogen) atoms. The lowest BCUT2D eigenvalue weighted by Crippen LogP contribution is -2.14. The summed E-state index contributed by atoms with van der Waals surface area (Å²) < 4.78 is 26.8. The highest BCUT2D eigenvalue weighted by Crippen LogP contribution is 2.26. The first-order valence-electron chi connectivity index (χ1n) is 6.20. The summed E-state index contributed by atoms with van der Waals surface area (Å²) in [6, 6.07) is 10.1. The number of amides is 1. The molecule has 3 nitrogen and oxygen atoms in total. The molecule has 0 fully saturated rings. The average Bonchev–Trinajstić information content (AvgIpc) is 2.79. The van der Waals surface area contributed by atoms with Crippen molar-refractivity contribution in [2.45, 2.75) is 6.42 Å². The van der Waals surface area contributed by atoms with Crippen molar-refractivity contribution in [3.05, 3.63) is 59.7 Å². The molecule has 0 aliphatic rings. The van der Waals surface area contributed by atoms with Crippen LogP contribution in [0, 0.1) is 11.6 Å². The number of thiazole rings is 1. The number of anilines is 1. The number of rotatable bonds is 3. The first kappa shape index (κ1) is 13.6. The van der Waals surface area contributed by atoms with Crippen molar-refractivity contribution in [1.29, 1.82) is 0 Å². The van der Waals surface area contributed by atoms with Gasteiger partial charge in [0.1, 0.15) is 11.6 Å². The van der Waals surface area contributed by atoms with Crippen molar-refractivity contribution in [2.24, 2.45) is 0 Å². The van der Waals surface area contributed by atoms with Crippen LogP contribution in [-0.4, -0.2) is 10.9 Å². The summed E-state index contributed by atoms with van der Waals surface area (Å²) in [6.07, 6.45) is 0.0576. The molecule has 0 saturated heterocycles. The molecule has 1 aromatic heterocycles. The van der Waals surface area contributed by atoms with E-state index in [9.17, 15) is 13.6 Å². The fourth-order valence-electron chi connectivity index (χ4n) is 1.95. The van der Waals surface area contributed by atoms with Gasteiger partial charge < -0.3 is 5.32 Å². The Bertz CT molecular complexity index is 816. The van der Waals surface area contributed by atoms with Gasteiger partial charge in [0.05, 0.1) is 16.6 Å². The second-order valence-electron chi connectivity index (χ2n) is 4.49. The van der Waals surface area contributed by atoms with Gasteiger partial charge in [0.15, 0.2) is 5.13 Å². The van der Waals surface area contributed by atoms with Gasteiger partial charge in [-0.25, -0.2) is 13.8 Å². The van der Waals surface area contributed by atoms with Crippen molar-refractivity contribution in [3.8, 4) is 0 Å². The lowest BCUT2D eigenvalue weighted by Gasteiger charge is -2.01. The van der Waals surface area contributed by atoms with E-state index in [-0.39, 0.29) is 24.0 Å².